The number of aromatic nitrogens is 1. The van der Waals surface area contributed by atoms with E-state index in [9.17, 15) is 13.2 Å². The van der Waals surface area contributed by atoms with Crippen LogP contribution < -0.4 is 4.72 Å². The molecule has 0 aliphatic carbocycles. The monoisotopic (exact) mass is 286 g/mol. The van der Waals surface area contributed by atoms with Crippen molar-refractivity contribution in [2.24, 2.45) is 0 Å². The third kappa shape index (κ3) is 5.80. The van der Waals surface area contributed by atoms with Crippen molar-refractivity contribution in [3.8, 4) is 0 Å². The van der Waals surface area contributed by atoms with E-state index in [0.29, 0.717) is 12.1 Å². The van der Waals surface area contributed by atoms with Crippen molar-refractivity contribution in [2.45, 2.75) is 26.3 Å². The Morgan fingerprint density at radius 2 is 2.21 bits per heavy atom. The Kier molecular flexibility index (Phi) is 5.91. The number of nitrogens with one attached hydrogen (secondary N) is 1. The molecule has 0 spiro atoms. The second-order valence-corrected chi connectivity index (χ2v) is 5.85. The number of sulfonamides is 1. The van der Waals surface area contributed by atoms with Gasteiger partial charge in [0.05, 0.1) is 12.4 Å². The van der Waals surface area contributed by atoms with Crippen LogP contribution in [0.3, 0.4) is 0 Å². The van der Waals surface area contributed by atoms with Crippen molar-refractivity contribution >= 4 is 16.0 Å². The number of hydrogen-bond donors (Lipinski definition) is 1. The Morgan fingerprint density at radius 3 is 2.79 bits per heavy atom. The van der Waals surface area contributed by atoms with Crippen molar-refractivity contribution < 1.29 is 17.9 Å². The number of aryl methyl sites for hydroxylation is 1. The maximum absolute atomic E-state index is 11.8. The first kappa shape index (κ1) is 15.6. The average Bonchev–Trinajstić information content (AvgIpc) is 2.37. The Labute approximate surface area is 113 Å². The van der Waals surface area contributed by atoms with Gasteiger partial charge in [0, 0.05) is 18.3 Å². The van der Waals surface area contributed by atoms with Gasteiger partial charge in [-0.2, -0.15) is 0 Å². The third-order valence-corrected chi connectivity index (χ3v) is 3.80. The average molecular weight is 286 g/mol. The summed E-state index contributed by atoms with van der Waals surface area (Å²) in [4.78, 5) is 15.4. The molecule has 0 saturated carbocycles. The van der Waals surface area contributed by atoms with Crippen LogP contribution >= 0.6 is 0 Å². The van der Waals surface area contributed by atoms with E-state index in [1.54, 1.807) is 31.3 Å². The van der Waals surface area contributed by atoms with Crippen molar-refractivity contribution in [3.05, 3.63) is 30.1 Å². The largest absolute Gasteiger partial charge is 0.465 e. The highest BCUT2D eigenvalue weighted by atomic mass is 32.2. The van der Waals surface area contributed by atoms with Gasteiger partial charge < -0.3 is 4.74 Å². The molecule has 0 saturated heterocycles. The summed E-state index contributed by atoms with van der Waals surface area (Å²) in [6.07, 6.45) is 1.91. The summed E-state index contributed by atoms with van der Waals surface area (Å²) >= 11 is 0. The first-order chi connectivity index (χ1) is 8.94. The Balaban J connectivity index is 2.50. The van der Waals surface area contributed by atoms with Crippen LogP contribution in [0.25, 0.3) is 0 Å². The summed E-state index contributed by atoms with van der Waals surface area (Å²) < 4.78 is 30.6. The van der Waals surface area contributed by atoms with Crippen molar-refractivity contribution in [1.29, 1.82) is 0 Å². The fraction of sp³-hybridized carbons (Fsp3) is 0.500. The molecule has 0 aromatic carbocycles. The highest BCUT2D eigenvalue weighted by Gasteiger charge is 2.21. The summed E-state index contributed by atoms with van der Waals surface area (Å²) in [5.74, 6) is -0.697. The first-order valence-corrected chi connectivity index (χ1v) is 7.66. The fourth-order valence-corrected chi connectivity index (χ4v) is 2.66. The van der Waals surface area contributed by atoms with Crippen LogP contribution in [0.2, 0.25) is 0 Å². The lowest BCUT2D eigenvalue weighted by Gasteiger charge is -2.12. The van der Waals surface area contributed by atoms with E-state index in [-0.39, 0.29) is 12.4 Å². The smallest absolute Gasteiger partial charge is 0.323 e. The van der Waals surface area contributed by atoms with Crippen LogP contribution in [0, 0.1) is 0 Å². The molecule has 6 nitrogen and oxygen atoms in total. The second-order valence-electron chi connectivity index (χ2n) is 3.98. The number of ether oxygens (including phenoxy) is 1. The molecule has 0 aliphatic heterocycles. The van der Waals surface area contributed by atoms with E-state index in [0.717, 1.165) is 0 Å². The molecule has 19 heavy (non-hydrogen) atoms. The topological polar surface area (TPSA) is 85.4 Å². The minimum Gasteiger partial charge on any atom is -0.465 e. The quantitative estimate of drug-likeness (QED) is 0.738. The SMILES string of the molecule is CCOC(=O)C(C)NS(=O)(=O)CCc1ccccn1. The summed E-state index contributed by atoms with van der Waals surface area (Å²) in [6.45, 7) is 3.34. The van der Waals surface area contributed by atoms with E-state index < -0.39 is 22.0 Å². The van der Waals surface area contributed by atoms with Crippen molar-refractivity contribution in [2.75, 3.05) is 12.4 Å². The molecule has 1 unspecified atom stereocenters. The van der Waals surface area contributed by atoms with Gasteiger partial charge in [-0.25, -0.2) is 13.1 Å². The summed E-state index contributed by atoms with van der Waals surface area (Å²) in [7, 11) is -3.53. The molecule has 1 N–H and O–H groups in total. The second kappa shape index (κ2) is 7.20. The zero-order valence-electron chi connectivity index (χ0n) is 11.0. The lowest BCUT2D eigenvalue weighted by atomic mass is 10.3. The lowest BCUT2D eigenvalue weighted by Crippen LogP contribution is -2.41. The van der Waals surface area contributed by atoms with Gasteiger partial charge in [0.25, 0.3) is 0 Å². The highest BCUT2D eigenvalue weighted by molar-refractivity contribution is 7.89. The molecule has 0 radical (unpaired) electrons. The molecule has 1 aromatic rings. The van der Waals surface area contributed by atoms with Gasteiger partial charge in [0.15, 0.2) is 0 Å². The number of pyridine rings is 1. The highest BCUT2D eigenvalue weighted by Crippen LogP contribution is 1.99. The van der Waals surface area contributed by atoms with Gasteiger partial charge in [-0.3, -0.25) is 9.78 Å². The van der Waals surface area contributed by atoms with Crippen LogP contribution in [0.4, 0.5) is 0 Å². The molecule has 0 fully saturated rings. The normalized spacial score (nSPS) is 12.9. The van der Waals surface area contributed by atoms with Crippen LogP contribution in [-0.2, 0) is 26.0 Å². The molecule has 0 bridgehead atoms. The molecule has 1 heterocycles. The number of nitrogens with zero attached hydrogens (tertiary/aromatic N) is 1. The predicted molar refractivity (Wildman–Crippen MR) is 71.0 cm³/mol. The number of esters is 1. The first-order valence-electron chi connectivity index (χ1n) is 6.01. The molecule has 106 valence electrons. The molecular weight excluding hydrogens is 268 g/mol. The zero-order chi connectivity index (χ0) is 14.3. The third-order valence-electron chi connectivity index (χ3n) is 2.35. The Bertz CT molecular complexity index is 502. The summed E-state index contributed by atoms with van der Waals surface area (Å²) in [6, 6.07) is 4.43. The molecule has 7 heteroatoms. The van der Waals surface area contributed by atoms with Gasteiger partial charge in [-0.1, -0.05) is 6.07 Å². The molecule has 0 amide bonds. The number of hydrogen-bond acceptors (Lipinski definition) is 5. The Hall–Kier alpha value is -1.47. The molecular formula is C12H18N2O4S. The molecule has 1 aromatic heterocycles. The van der Waals surface area contributed by atoms with Gasteiger partial charge in [0.2, 0.25) is 10.0 Å². The Morgan fingerprint density at radius 1 is 1.47 bits per heavy atom. The standard InChI is InChI=1S/C12H18N2O4S/c1-3-18-12(15)10(2)14-19(16,17)9-7-11-6-4-5-8-13-11/h4-6,8,10,14H,3,7,9H2,1-2H3. The van der Waals surface area contributed by atoms with Crippen LogP contribution in [0.15, 0.2) is 24.4 Å². The minimum atomic E-state index is -3.53. The molecule has 1 atom stereocenters. The maximum Gasteiger partial charge on any atom is 0.323 e. The van der Waals surface area contributed by atoms with Gasteiger partial charge in [-0.15, -0.1) is 0 Å². The summed E-state index contributed by atoms with van der Waals surface area (Å²) in [5, 5.41) is 0. The van der Waals surface area contributed by atoms with Gasteiger partial charge >= 0.3 is 5.97 Å². The molecule has 1 rings (SSSR count). The number of carbonyl (C=O) groups excluding carboxylic acids is 1. The van der Waals surface area contributed by atoms with Crippen molar-refractivity contribution in [1.82, 2.24) is 9.71 Å². The van der Waals surface area contributed by atoms with E-state index in [2.05, 4.69) is 9.71 Å². The zero-order valence-corrected chi connectivity index (χ0v) is 11.8. The van der Waals surface area contributed by atoms with E-state index in [1.807, 2.05) is 0 Å². The minimum absolute atomic E-state index is 0.117. The fourth-order valence-electron chi connectivity index (χ4n) is 1.43. The van der Waals surface area contributed by atoms with E-state index in [1.165, 1.54) is 6.92 Å². The number of carbonyl (C=O) groups is 1. The van der Waals surface area contributed by atoms with Crippen molar-refractivity contribution in [3.63, 3.8) is 0 Å². The molecule has 0 aliphatic rings. The van der Waals surface area contributed by atoms with Crippen LogP contribution in [0.5, 0.6) is 0 Å². The van der Waals surface area contributed by atoms with Crippen LogP contribution in [-0.4, -0.2) is 37.8 Å². The van der Waals surface area contributed by atoms with Gasteiger partial charge in [-0.05, 0) is 26.0 Å². The van der Waals surface area contributed by atoms with Crippen LogP contribution in [0.1, 0.15) is 19.5 Å². The van der Waals surface area contributed by atoms with E-state index in [4.69, 9.17) is 4.74 Å². The number of rotatable bonds is 7. The maximum atomic E-state index is 11.8. The summed E-state index contributed by atoms with van der Waals surface area (Å²) in [5.41, 5.74) is 0.691. The lowest BCUT2D eigenvalue weighted by molar-refractivity contribution is -0.144. The predicted octanol–water partition coefficient (Wildman–Crippen LogP) is 0.495. The van der Waals surface area contributed by atoms with E-state index >= 15 is 0 Å². The van der Waals surface area contributed by atoms with Gasteiger partial charge in [0.1, 0.15) is 6.04 Å².